The summed E-state index contributed by atoms with van der Waals surface area (Å²) in [6, 6.07) is 25.9. The lowest BCUT2D eigenvalue weighted by molar-refractivity contribution is 0.0728. The topological polar surface area (TPSA) is 62.7 Å². The third kappa shape index (κ3) is 4.53. The van der Waals surface area contributed by atoms with E-state index < -0.39 is 6.10 Å². The largest absolute Gasteiger partial charge is 0.491 e. The molecule has 5 rings (SSSR count). The van der Waals surface area contributed by atoms with Gasteiger partial charge in [-0.25, -0.2) is 4.98 Å². The maximum absolute atomic E-state index is 12.9. The summed E-state index contributed by atoms with van der Waals surface area (Å²) in [7, 11) is 0. The Kier molecular flexibility index (Phi) is 6.19. The summed E-state index contributed by atoms with van der Waals surface area (Å²) in [5.41, 5.74) is 5.88. The van der Waals surface area contributed by atoms with Gasteiger partial charge in [0.05, 0.1) is 18.2 Å². The number of carbonyl (C=O) groups excluding carboxylic acids is 1. The molecule has 1 unspecified atom stereocenters. The van der Waals surface area contributed by atoms with Gasteiger partial charge in [0, 0.05) is 23.4 Å². The minimum atomic E-state index is -0.758. The summed E-state index contributed by atoms with van der Waals surface area (Å²) in [6.45, 7) is 1.31. The van der Waals surface area contributed by atoms with Crippen molar-refractivity contribution >= 4 is 17.2 Å². The van der Waals surface area contributed by atoms with E-state index in [1.54, 1.807) is 15.8 Å². The number of hydrogen-bond acceptors (Lipinski definition) is 5. The van der Waals surface area contributed by atoms with Crippen molar-refractivity contribution in [2.45, 2.75) is 18.6 Å². The van der Waals surface area contributed by atoms with Gasteiger partial charge in [0.2, 0.25) is 0 Å². The summed E-state index contributed by atoms with van der Waals surface area (Å²) in [5, 5.41) is 13.3. The van der Waals surface area contributed by atoms with E-state index in [0.717, 1.165) is 28.0 Å². The molecule has 0 saturated heterocycles. The highest BCUT2D eigenvalue weighted by molar-refractivity contribution is 7.07. The molecule has 4 aromatic rings. The molecule has 1 atom stereocenters. The van der Waals surface area contributed by atoms with Crippen molar-refractivity contribution in [2.75, 3.05) is 13.2 Å². The third-order valence-electron chi connectivity index (χ3n) is 5.98. The third-order valence-corrected chi connectivity index (χ3v) is 6.56. The Morgan fingerprint density at radius 2 is 1.67 bits per heavy atom. The number of aromatic nitrogens is 1. The molecule has 0 radical (unpaired) electrons. The van der Waals surface area contributed by atoms with E-state index in [0.29, 0.717) is 25.4 Å². The van der Waals surface area contributed by atoms with Gasteiger partial charge in [0.25, 0.3) is 5.91 Å². The summed E-state index contributed by atoms with van der Waals surface area (Å²) in [6.07, 6.45) is -0.758. The van der Waals surface area contributed by atoms with E-state index in [2.05, 4.69) is 4.98 Å². The second-order valence-electron chi connectivity index (χ2n) is 8.06. The molecule has 3 aromatic carbocycles. The average Bonchev–Trinajstić information content (AvgIpc) is 3.32. The van der Waals surface area contributed by atoms with Crippen LogP contribution in [0.4, 0.5) is 0 Å². The number of aliphatic hydroxyl groups excluding tert-OH is 1. The number of rotatable bonds is 5. The van der Waals surface area contributed by atoms with E-state index in [1.807, 2.05) is 78.9 Å². The maximum Gasteiger partial charge on any atom is 0.273 e. The lowest BCUT2D eigenvalue weighted by atomic mass is 9.83. The number of nitrogens with zero attached hydrogens (tertiary/aromatic N) is 2. The van der Waals surface area contributed by atoms with Gasteiger partial charge in [0.1, 0.15) is 18.1 Å². The smallest absolute Gasteiger partial charge is 0.273 e. The van der Waals surface area contributed by atoms with E-state index >= 15 is 0 Å². The van der Waals surface area contributed by atoms with E-state index in [4.69, 9.17) is 4.74 Å². The summed E-state index contributed by atoms with van der Waals surface area (Å²) in [5.74, 6) is 0.422. The zero-order valence-electron chi connectivity index (χ0n) is 18.0. The summed E-state index contributed by atoms with van der Waals surface area (Å²) >= 11 is 1.41. The second kappa shape index (κ2) is 9.57. The average molecular weight is 457 g/mol. The fourth-order valence-electron chi connectivity index (χ4n) is 4.32. The summed E-state index contributed by atoms with van der Waals surface area (Å²) in [4.78, 5) is 18.8. The van der Waals surface area contributed by atoms with E-state index in [9.17, 15) is 9.90 Å². The van der Waals surface area contributed by atoms with Crippen LogP contribution in [-0.2, 0) is 6.54 Å². The molecule has 166 valence electrons. The van der Waals surface area contributed by atoms with Crippen LogP contribution in [0.1, 0.15) is 44.8 Å². The Bertz CT molecular complexity index is 1170. The highest BCUT2D eigenvalue weighted by Gasteiger charge is 2.27. The first kappa shape index (κ1) is 21.4. The number of benzene rings is 3. The summed E-state index contributed by atoms with van der Waals surface area (Å²) < 4.78 is 5.92. The number of amides is 1. The van der Waals surface area contributed by atoms with E-state index in [-0.39, 0.29) is 11.8 Å². The lowest BCUT2D eigenvalue weighted by Gasteiger charge is -2.25. The van der Waals surface area contributed by atoms with Crippen molar-refractivity contribution < 1.29 is 14.6 Å². The number of fused-ring (bicyclic) bond motifs is 1. The first-order chi connectivity index (χ1) is 16.2. The maximum atomic E-state index is 12.9. The van der Waals surface area contributed by atoms with Crippen molar-refractivity contribution in [3.63, 3.8) is 0 Å². The molecule has 6 heteroatoms. The van der Waals surface area contributed by atoms with Gasteiger partial charge in [-0.1, -0.05) is 66.7 Å². The van der Waals surface area contributed by atoms with Crippen molar-refractivity contribution in [3.8, 4) is 5.75 Å². The SMILES string of the molecule is O=C(c1cscn1)N1CCOc2ccc(C(O)C(c3ccccc3)c3ccccc3)cc2C1. The van der Waals surface area contributed by atoms with Crippen molar-refractivity contribution in [3.05, 3.63) is 118 Å². The van der Waals surface area contributed by atoms with Gasteiger partial charge < -0.3 is 14.7 Å². The van der Waals surface area contributed by atoms with Gasteiger partial charge in [-0.3, -0.25) is 4.79 Å². The molecule has 0 bridgehead atoms. The molecule has 0 spiro atoms. The molecule has 5 nitrogen and oxygen atoms in total. The lowest BCUT2D eigenvalue weighted by Crippen LogP contribution is -2.32. The molecule has 1 aliphatic rings. The second-order valence-corrected chi connectivity index (χ2v) is 8.78. The van der Waals surface area contributed by atoms with Crippen molar-refractivity contribution in [1.29, 1.82) is 0 Å². The van der Waals surface area contributed by atoms with Crippen LogP contribution in [0.15, 0.2) is 89.8 Å². The molecule has 33 heavy (non-hydrogen) atoms. The standard InChI is InChI=1S/C27H24N2O3S/c30-26(25(19-7-3-1-4-8-19)20-9-5-2-6-10-20)21-11-12-24-22(15-21)16-29(13-14-32-24)27(31)23-17-33-18-28-23/h1-12,15,17-18,25-26,30H,13-14,16H2. The zero-order valence-corrected chi connectivity index (χ0v) is 18.8. The quantitative estimate of drug-likeness (QED) is 0.457. The van der Waals surface area contributed by atoms with E-state index in [1.165, 1.54) is 11.3 Å². The molecule has 1 amide bonds. The number of hydrogen-bond donors (Lipinski definition) is 1. The Morgan fingerprint density at radius 1 is 0.970 bits per heavy atom. The Hall–Kier alpha value is -3.48. The van der Waals surface area contributed by atoms with Gasteiger partial charge in [-0.05, 0) is 28.8 Å². The van der Waals surface area contributed by atoms with Gasteiger partial charge in [-0.15, -0.1) is 11.3 Å². The zero-order chi connectivity index (χ0) is 22.6. The predicted molar refractivity (Wildman–Crippen MR) is 128 cm³/mol. The van der Waals surface area contributed by atoms with Crippen LogP contribution < -0.4 is 4.74 Å². The van der Waals surface area contributed by atoms with Crippen LogP contribution in [0, 0.1) is 0 Å². The highest BCUT2D eigenvalue weighted by Crippen LogP contribution is 2.38. The molecule has 0 aliphatic carbocycles. The van der Waals surface area contributed by atoms with Crippen LogP contribution in [0.3, 0.4) is 0 Å². The number of aliphatic hydroxyl groups is 1. The minimum absolute atomic E-state index is 0.106. The molecule has 0 saturated carbocycles. The first-order valence-corrected chi connectivity index (χ1v) is 11.9. The van der Waals surface area contributed by atoms with Crippen LogP contribution in [0.25, 0.3) is 0 Å². The van der Waals surface area contributed by atoms with Gasteiger partial charge >= 0.3 is 0 Å². The Morgan fingerprint density at radius 3 is 2.30 bits per heavy atom. The molecule has 0 fully saturated rings. The molecule has 1 N–H and O–H groups in total. The predicted octanol–water partition coefficient (Wildman–Crippen LogP) is 5.04. The van der Waals surface area contributed by atoms with Crippen LogP contribution in [0.5, 0.6) is 5.75 Å². The molecule has 1 aliphatic heterocycles. The van der Waals surface area contributed by atoms with Gasteiger partial charge in [0.15, 0.2) is 0 Å². The van der Waals surface area contributed by atoms with Crippen molar-refractivity contribution in [1.82, 2.24) is 9.88 Å². The molecule has 1 aromatic heterocycles. The molecular weight excluding hydrogens is 432 g/mol. The number of thiazole rings is 1. The van der Waals surface area contributed by atoms with Crippen LogP contribution in [-0.4, -0.2) is 34.0 Å². The number of ether oxygens (including phenoxy) is 1. The first-order valence-electron chi connectivity index (χ1n) is 10.9. The fraction of sp³-hybridized carbons (Fsp3) is 0.185. The fourth-order valence-corrected chi connectivity index (χ4v) is 4.85. The van der Waals surface area contributed by atoms with Gasteiger partial charge in [-0.2, -0.15) is 0 Å². The normalized spacial score (nSPS) is 14.3. The monoisotopic (exact) mass is 456 g/mol. The highest BCUT2D eigenvalue weighted by atomic mass is 32.1. The Balaban J connectivity index is 1.48. The molecule has 2 heterocycles. The molecular formula is C27H24N2O3S. The van der Waals surface area contributed by atoms with Crippen molar-refractivity contribution in [2.24, 2.45) is 0 Å². The number of carbonyl (C=O) groups is 1. The minimum Gasteiger partial charge on any atom is -0.491 e. The van der Waals surface area contributed by atoms with Crippen LogP contribution in [0.2, 0.25) is 0 Å². The van der Waals surface area contributed by atoms with Crippen LogP contribution >= 0.6 is 11.3 Å². The Labute approximate surface area is 196 Å².